The number of para-hydroxylation sites is 1. The SMILES string of the molecule is CC(=O)n1cc([C@H](C)N)c2ccccc21.Cl. The predicted molar refractivity (Wildman–Crippen MR) is 68.1 cm³/mol. The summed E-state index contributed by atoms with van der Waals surface area (Å²) in [5, 5.41) is 1.06. The summed E-state index contributed by atoms with van der Waals surface area (Å²) in [6.07, 6.45) is 1.83. The Morgan fingerprint density at radius 1 is 1.38 bits per heavy atom. The molecule has 16 heavy (non-hydrogen) atoms. The zero-order chi connectivity index (χ0) is 11.0. The number of rotatable bonds is 1. The van der Waals surface area contributed by atoms with Gasteiger partial charge in [-0.15, -0.1) is 12.4 Å². The molecule has 2 rings (SSSR count). The summed E-state index contributed by atoms with van der Waals surface area (Å²) in [5.41, 5.74) is 7.81. The molecule has 0 aliphatic rings. The first kappa shape index (κ1) is 12.7. The van der Waals surface area contributed by atoms with E-state index in [9.17, 15) is 4.79 Å². The molecule has 0 saturated carbocycles. The third-order valence-corrected chi connectivity index (χ3v) is 2.57. The van der Waals surface area contributed by atoms with Crippen molar-refractivity contribution in [2.45, 2.75) is 19.9 Å². The number of nitrogens with zero attached hydrogens (tertiary/aromatic N) is 1. The van der Waals surface area contributed by atoms with Crippen LogP contribution in [-0.4, -0.2) is 10.5 Å². The van der Waals surface area contributed by atoms with Crippen molar-refractivity contribution in [3.8, 4) is 0 Å². The molecule has 86 valence electrons. The largest absolute Gasteiger partial charge is 0.324 e. The van der Waals surface area contributed by atoms with Crippen LogP contribution in [0.2, 0.25) is 0 Å². The van der Waals surface area contributed by atoms with Gasteiger partial charge in [0, 0.05) is 24.5 Å². The maximum atomic E-state index is 11.4. The van der Waals surface area contributed by atoms with Crippen LogP contribution in [0, 0.1) is 0 Å². The van der Waals surface area contributed by atoms with Gasteiger partial charge in [-0.3, -0.25) is 9.36 Å². The monoisotopic (exact) mass is 238 g/mol. The van der Waals surface area contributed by atoms with E-state index in [1.807, 2.05) is 37.4 Å². The fraction of sp³-hybridized carbons (Fsp3) is 0.250. The first-order valence-electron chi connectivity index (χ1n) is 4.97. The molecular formula is C12H15ClN2O. The zero-order valence-corrected chi connectivity index (χ0v) is 10.1. The normalized spacial score (nSPS) is 12.2. The van der Waals surface area contributed by atoms with Crippen LogP contribution in [0.5, 0.6) is 0 Å². The highest BCUT2D eigenvalue weighted by molar-refractivity contribution is 5.93. The fourth-order valence-corrected chi connectivity index (χ4v) is 1.83. The Hall–Kier alpha value is -1.32. The van der Waals surface area contributed by atoms with Crippen molar-refractivity contribution in [3.05, 3.63) is 36.0 Å². The molecular weight excluding hydrogens is 224 g/mol. The predicted octanol–water partition coefficient (Wildman–Crippen LogP) is 2.74. The Kier molecular flexibility index (Phi) is 3.73. The van der Waals surface area contributed by atoms with Crippen molar-refractivity contribution in [1.29, 1.82) is 0 Å². The van der Waals surface area contributed by atoms with Gasteiger partial charge in [0.25, 0.3) is 0 Å². The van der Waals surface area contributed by atoms with Crippen molar-refractivity contribution in [3.63, 3.8) is 0 Å². The molecule has 2 N–H and O–H groups in total. The Bertz CT molecular complexity index is 517. The maximum Gasteiger partial charge on any atom is 0.227 e. The fourth-order valence-electron chi connectivity index (χ4n) is 1.83. The lowest BCUT2D eigenvalue weighted by Gasteiger charge is -2.01. The van der Waals surface area contributed by atoms with Crippen molar-refractivity contribution in [2.24, 2.45) is 5.73 Å². The standard InChI is InChI=1S/C12H14N2O.ClH/c1-8(13)11-7-14(9(2)15)12-6-4-3-5-10(11)12;/h3-8H,13H2,1-2H3;1H/t8-;/m0./s1. The average molecular weight is 239 g/mol. The number of aromatic nitrogens is 1. The van der Waals surface area contributed by atoms with Crippen LogP contribution in [0.1, 0.15) is 30.2 Å². The first-order valence-corrected chi connectivity index (χ1v) is 4.97. The van der Waals surface area contributed by atoms with Crippen LogP contribution in [0.15, 0.2) is 30.5 Å². The van der Waals surface area contributed by atoms with Gasteiger partial charge in [0.1, 0.15) is 0 Å². The first-order chi connectivity index (χ1) is 7.11. The number of hydrogen-bond donors (Lipinski definition) is 1. The maximum absolute atomic E-state index is 11.4. The van der Waals surface area contributed by atoms with Gasteiger partial charge in [-0.05, 0) is 18.6 Å². The minimum absolute atomic E-state index is 0. The molecule has 0 radical (unpaired) electrons. The van der Waals surface area contributed by atoms with E-state index in [1.54, 1.807) is 11.5 Å². The van der Waals surface area contributed by atoms with Gasteiger partial charge in [-0.25, -0.2) is 0 Å². The summed E-state index contributed by atoms with van der Waals surface area (Å²) < 4.78 is 1.65. The summed E-state index contributed by atoms with van der Waals surface area (Å²) >= 11 is 0. The number of nitrogens with two attached hydrogens (primary N) is 1. The lowest BCUT2D eigenvalue weighted by atomic mass is 10.1. The summed E-state index contributed by atoms with van der Waals surface area (Å²) in [6, 6.07) is 7.75. The molecule has 1 aromatic heterocycles. The van der Waals surface area contributed by atoms with E-state index in [4.69, 9.17) is 5.73 Å². The molecule has 0 aliphatic heterocycles. The van der Waals surface area contributed by atoms with Gasteiger partial charge in [0.05, 0.1) is 5.52 Å². The minimum atomic E-state index is -0.0597. The van der Waals surface area contributed by atoms with Gasteiger partial charge >= 0.3 is 0 Å². The van der Waals surface area contributed by atoms with Gasteiger partial charge in [0.15, 0.2) is 0 Å². The molecule has 1 heterocycles. The molecule has 0 spiro atoms. The van der Waals surface area contributed by atoms with E-state index >= 15 is 0 Å². The third-order valence-electron chi connectivity index (χ3n) is 2.57. The van der Waals surface area contributed by atoms with Crippen molar-refractivity contribution in [2.75, 3.05) is 0 Å². The van der Waals surface area contributed by atoms with Crippen LogP contribution in [-0.2, 0) is 0 Å². The number of halogens is 1. The molecule has 1 atom stereocenters. The number of carbonyl (C=O) groups excluding carboxylic acids is 1. The van der Waals surface area contributed by atoms with E-state index in [-0.39, 0.29) is 24.4 Å². The second-order valence-corrected chi connectivity index (χ2v) is 3.78. The molecule has 0 saturated heterocycles. The van der Waals surface area contributed by atoms with E-state index in [0.717, 1.165) is 16.5 Å². The topological polar surface area (TPSA) is 48.0 Å². The zero-order valence-electron chi connectivity index (χ0n) is 9.31. The van der Waals surface area contributed by atoms with Crippen molar-refractivity contribution < 1.29 is 4.79 Å². The number of fused-ring (bicyclic) bond motifs is 1. The van der Waals surface area contributed by atoms with Crippen molar-refractivity contribution >= 4 is 29.2 Å². The average Bonchev–Trinajstić information content (AvgIpc) is 2.56. The van der Waals surface area contributed by atoms with Crippen LogP contribution in [0.3, 0.4) is 0 Å². The van der Waals surface area contributed by atoms with Crippen molar-refractivity contribution in [1.82, 2.24) is 4.57 Å². The molecule has 0 unspecified atom stereocenters. The second-order valence-electron chi connectivity index (χ2n) is 3.78. The summed E-state index contributed by atoms with van der Waals surface area (Å²) in [7, 11) is 0. The lowest BCUT2D eigenvalue weighted by molar-refractivity contribution is 0.0941. The molecule has 1 aromatic carbocycles. The highest BCUT2D eigenvalue weighted by Gasteiger charge is 2.12. The van der Waals surface area contributed by atoms with E-state index in [0.29, 0.717) is 0 Å². The van der Waals surface area contributed by atoms with Gasteiger partial charge in [0.2, 0.25) is 5.91 Å². The lowest BCUT2D eigenvalue weighted by Crippen LogP contribution is -2.05. The molecule has 2 aromatic rings. The van der Waals surface area contributed by atoms with E-state index in [2.05, 4.69) is 0 Å². The second kappa shape index (κ2) is 4.68. The van der Waals surface area contributed by atoms with Crippen LogP contribution >= 0.6 is 12.4 Å². The summed E-state index contributed by atoms with van der Waals surface area (Å²) in [6.45, 7) is 3.48. The third kappa shape index (κ3) is 1.96. The smallest absolute Gasteiger partial charge is 0.227 e. The number of hydrogen-bond acceptors (Lipinski definition) is 2. The van der Waals surface area contributed by atoms with Gasteiger partial charge in [-0.1, -0.05) is 18.2 Å². The van der Waals surface area contributed by atoms with Crippen LogP contribution in [0.25, 0.3) is 10.9 Å². The molecule has 0 amide bonds. The molecule has 3 nitrogen and oxygen atoms in total. The highest BCUT2D eigenvalue weighted by Crippen LogP contribution is 2.24. The van der Waals surface area contributed by atoms with Crippen LogP contribution < -0.4 is 5.73 Å². The minimum Gasteiger partial charge on any atom is -0.324 e. The Labute approximate surface area is 101 Å². The highest BCUT2D eigenvalue weighted by atomic mass is 35.5. The van der Waals surface area contributed by atoms with E-state index < -0.39 is 0 Å². The molecule has 0 fully saturated rings. The summed E-state index contributed by atoms with van der Waals surface area (Å²) in [4.78, 5) is 11.4. The van der Waals surface area contributed by atoms with Gasteiger partial charge < -0.3 is 5.73 Å². The van der Waals surface area contributed by atoms with Gasteiger partial charge in [-0.2, -0.15) is 0 Å². The van der Waals surface area contributed by atoms with E-state index in [1.165, 1.54) is 0 Å². The quantitative estimate of drug-likeness (QED) is 0.831. The Morgan fingerprint density at radius 3 is 2.56 bits per heavy atom. The Balaban J connectivity index is 0.00000128. The molecule has 0 bridgehead atoms. The van der Waals surface area contributed by atoms with Crippen LogP contribution in [0.4, 0.5) is 0 Å². The molecule has 4 heteroatoms. The Morgan fingerprint density at radius 2 is 2.00 bits per heavy atom. The molecule has 0 aliphatic carbocycles. The number of carbonyl (C=O) groups is 1. The number of benzene rings is 1. The summed E-state index contributed by atoms with van der Waals surface area (Å²) in [5.74, 6) is 0.0121.